The van der Waals surface area contributed by atoms with Crippen molar-refractivity contribution in [3.05, 3.63) is 27.7 Å². The third-order valence-electron chi connectivity index (χ3n) is 1.83. The first-order valence-electron chi connectivity index (χ1n) is 3.83. The van der Waals surface area contributed by atoms with Gasteiger partial charge in [-0.15, -0.1) is 0 Å². The summed E-state index contributed by atoms with van der Waals surface area (Å²) in [6.07, 6.45) is -4.43. The van der Waals surface area contributed by atoms with Gasteiger partial charge in [0.2, 0.25) is 0 Å². The number of benzene rings is 1. The molecule has 7 heteroatoms. The largest absolute Gasteiger partial charge is 0.416 e. The molecule has 0 atom stereocenters. The summed E-state index contributed by atoms with van der Waals surface area (Å²) in [5.41, 5.74) is 0.0761. The Balaban J connectivity index is 3.42. The van der Waals surface area contributed by atoms with Gasteiger partial charge in [0.15, 0.2) is 5.69 Å². The van der Waals surface area contributed by atoms with Gasteiger partial charge in [-0.05, 0) is 6.07 Å². The van der Waals surface area contributed by atoms with Crippen LogP contribution >= 0.6 is 31.9 Å². The third-order valence-corrected chi connectivity index (χ3v) is 2.85. The molecule has 0 spiro atoms. The van der Waals surface area contributed by atoms with Crippen LogP contribution in [0.3, 0.4) is 0 Å². The number of hydrogen-bond donors (Lipinski definition) is 2. The van der Waals surface area contributed by atoms with E-state index in [1.54, 1.807) is 0 Å². The van der Waals surface area contributed by atoms with Gasteiger partial charge in [0.1, 0.15) is 0 Å². The van der Waals surface area contributed by atoms with E-state index < -0.39 is 11.7 Å². The maximum atomic E-state index is 12.6. The summed E-state index contributed by atoms with van der Waals surface area (Å²) < 4.78 is 38.1. The van der Waals surface area contributed by atoms with Crippen molar-refractivity contribution in [2.45, 2.75) is 11.5 Å². The lowest BCUT2D eigenvalue weighted by Crippen LogP contribution is -2.74. The Morgan fingerprint density at radius 3 is 2.33 bits per heavy atom. The van der Waals surface area contributed by atoms with E-state index >= 15 is 0 Å². The first-order chi connectivity index (χ1) is 6.90. The highest BCUT2D eigenvalue weighted by molar-refractivity contribution is 9.10. The second kappa shape index (κ2) is 4.82. The highest BCUT2D eigenvalue weighted by atomic mass is 79.9. The summed E-state index contributed by atoms with van der Waals surface area (Å²) in [5.74, 6) is 0. The number of quaternary nitrogens is 1. The molecule has 0 aliphatic heterocycles. The van der Waals surface area contributed by atoms with E-state index in [0.29, 0.717) is 5.48 Å². The Kier molecular flexibility index (Phi) is 4.16. The Morgan fingerprint density at radius 1 is 1.33 bits per heavy atom. The molecular formula is C8H7Br2F3NO+. The molecule has 1 aromatic carbocycles. The number of rotatable bonds is 2. The maximum Gasteiger partial charge on any atom is 0.416 e. The van der Waals surface area contributed by atoms with Crippen molar-refractivity contribution in [3.63, 3.8) is 0 Å². The van der Waals surface area contributed by atoms with Crippen LogP contribution in [0.15, 0.2) is 16.6 Å². The van der Waals surface area contributed by atoms with E-state index in [1.807, 2.05) is 0 Å². The Bertz CT molecular complexity index is 368. The highest BCUT2D eigenvalue weighted by Crippen LogP contribution is 2.37. The molecule has 0 saturated carbocycles. The van der Waals surface area contributed by atoms with Crippen molar-refractivity contribution in [3.8, 4) is 0 Å². The minimum absolute atomic E-state index is 0.0215. The van der Waals surface area contributed by atoms with Crippen molar-refractivity contribution in [2.75, 3.05) is 0 Å². The van der Waals surface area contributed by atoms with Crippen molar-refractivity contribution < 1.29 is 23.9 Å². The minimum atomic E-state index is -4.43. The zero-order valence-electron chi connectivity index (χ0n) is 7.28. The zero-order valence-corrected chi connectivity index (χ0v) is 10.4. The molecule has 15 heavy (non-hydrogen) atoms. The summed E-state index contributed by atoms with van der Waals surface area (Å²) in [5, 5.41) is 8.86. The average Bonchev–Trinajstić information content (AvgIpc) is 2.15. The number of halogens is 5. The second-order valence-corrected chi connectivity index (χ2v) is 4.26. The van der Waals surface area contributed by atoms with Gasteiger partial charge in [0, 0.05) is 21.4 Å². The van der Waals surface area contributed by atoms with Crippen LogP contribution in [0.5, 0.6) is 0 Å². The molecule has 1 rings (SSSR count). The monoisotopic (exact) mass is 348 g/mol. The third kappa shape index (κ3) is 2.93. The average molecular weight is 350 g/mol. The summed E-state index contributed by atoms with van der Waals surface area (Å²) in [7, 11) is 0. The molecule has 0 fully saturated rings. The molecule has 1 aromatic rings. The molecule has 2 nitrogen and oxygen atoms in total. The van der Waals surface area contributed by atoms with Crippen molar-refractivity contribution in [1.82, 2.24) is 0 Å². The van der Waals surface area contributed by atoms with Gasteiger partial charge in [-0.3, -0.25) is 0 Å². The van der Waals surface area contributed by atoms with Gasteiger partial charge < -0.3 is 0 Å². The van der Waals surface area contributed by atoms with Crippen LogP contribution in [0.4, 0.5) is 18.9 Å². The van der Waals surface area contributed by atoms with Gasteiger partial charge in [-0.2, -0.15) is 18.7 Å². The van der Waals surface area contributed by atoms with E-state index in [2.05, 4.69) is 31.9 Å². The first kappa shape index (κ1) is 13.0. The quantitative estimate of drug-likeness (QED) is 0.481. The van der Waals surface area contributed by atoms with Crippen LogP contribution in [-0.4, -0.2) is 5.21 Å². The summed E-state index contributed by atoms with van der Waals surface area (Å²) >= 11 is 5.93. The second-order valence-electron chi connectivity index (χ2n) is 2.78. The smallest absolute Gasteiger partial charge is 0.215 e. The number of alkyl halides is 4. The lowest BCUT2D eigenvalue weighted by Gasteiger charge is -2.12. The predicted octanol–water partition coefficient (Wildman–Crippen LogP) is 2.95. The van der Waals surface area contributed by atoms with Crippen LogP contribution in [0, 0.1) is 0 Å². The SMILES string of the molecule is O[NH2+]c1cc(Br)cc(C(F)(F)F)c1CBr. The van der Waals surface area contributed by atoms with Gasteiger partial charge in [-0.1, -0.05) is 31.9 Å². The highest BCUT2D eigenvalue weighted by Gasteiger charge is 2.35. The summed E-state index contributed by atoms with van der Waals surface area (Å²) in [6.45, 7) is 0. The molecule has 0 amide bonds. The molecule has 0 aromatic heterocycles. The molecular weight excluding hydrogens is 343 g/mol. The van der Waals surface area contributed by atoms with E-state index in [0.717, 1.165) is 6.07 Å². The van der Waals surface area contributed by atoms with Crippen LogP contribution in [0.1, 0.15) is 11.1 Å². The molecule has 0 radical (unpaired) electrons. The fourth-order valence-electron chi connectivity index (χ4n) is 1.18. The number of hydrogen-bond acceptors (Lipinski definition) is 1. The lowest BCUT2D eigenvalue weighted by atomic mass is 10.1. The van der Waals surface area contributed by atoms with Crippen LogP contribution in [0.2, 0.25) is 0 Å². The molecule has 0 saturated heterocycles. The molecule has 0 aliphatic rings. The molecule has 0 bridgehead atoms. The fourth-order valence-corrected chi connectivity index (χ4v) is 2.28. The maximum absolute atomic E-state index is 12.6. The topological polar surface area (TPSA) is 36.8 Å². The van der Waals surface area contributed by atoms with E-state index in [-0.39, 0.29) is 21.1 Å². The van der Waals surface area contributed by atoms with Gasteiger partial charge in [0.05, 0.1) is 5.56 Å². The molecule has 84 valence electrons. The number of nitrogens with two attached hydrogens (primary N) is 1. The molecule has 3 N–H and O–H groups in total. The Labute approximate surface area is 101 Å². The minimum Gasteiger partial charge on any atom is -0.215 e. The van der Waals surface area contributed by atoms with Crippen LogP contribution in [-0.2, 0) is 11.5 Å². The van der Waals surface area contributed by atoms with Crippen LogP contribution in [0.25, 0.3) is 0 Å². The Hall–Kier alpha value is -0.110. The standard InChI is InChI=1S/C8H6Br2F3NO/c9-3-5-6(8(11,12)13)1-4(10)2-7(5)14-15/h1-2,14-15H,3H2/p+1. The molecule has 0 unspecified atom stereocenters. The van der Waals surface area contributed by atoms with Gasteiger partial charge in [-0.25, -0.2) is 5.21 Å². The van der Waals surface area contributed by atoms with Crippen molar-refractivity contribution in [2.24, 2.45) is 0 Å². The van der Waals surface area contributed by atoms with Gasteiger partial charge >= 0.3 is 6.18 Å². The van der Waals surface area contributed by atoms with E-state index in [9.17, 15) is 13.2 Å². The van der Waals surface area contributed by atoms with Crippen molar-refractivity contribution >= 4 is 37.5 Å². The first-order valence-corrected chi connectivity index (χ1v) is 5.74. The molecule has 0 heterocycles. The van der Waals surface area contributed by atoms with E-state index in [4.69, 9.17) is 5.21 Å². The molecule has 0 aliphatic carbocycles. The lowest BCUT2D eigenvalue weighted by molar-refractivity contribution is -0.826. The summed E-state index contributed by atoms with van der Waals surface area (Å²) in [4.78, 5) is 0. The van der Waals surface area contributed by atoms with E-state index in [1.165, 1.54) is 6.07 Å². The normalized spacial score (nSPS) is 11.9. The Morgan fingerprint density at radius 2 is 1.93 bits per heavy atom. The van der Waals surface area contributed by atoms with Crippen LogP contribution < -0.4 is 5.48 Å². The zero-order chi connectivity index (χ0) is 11.6. The predicted molar refractivity (Wildman–Crippen MR) is 55.1 cm³/mol. The summed E-state index contributed by atoms with van der Waals surface area (Å²) in [6, 6.07) is 2.41. The van der Waals surface area contributed by atoms with Gasteiger partial charge in [0.25, 0.3) is 0 Å². The van der Waals surface area contributed by atoms with Crippen molar-refractivity contribution in [1.29, 1.82) is 0 Å². The fraction of sp³-hybridized carbons (Fsp3) is 0.250.